The highest BCUT2D eigenvalue weighted by atomic mass is 16.5. The largest absolute Gasteiger partial charge is 0.381 e. The van der Waals surface area contributed by atoms with E-state index in [0.717, 1.165) is 45.5 Å². The zero-order chi connectivity index (χ0) is 15.1. The van der Waals surface area contributed by atoms with Crippen molar-refractivity contribution in [3.8, 4) is 0 Å². The standard InChI is InChI=1S/C17H37NO2/c1-4-7-8-9-15-20-17(6-3,11-5-2)12-16-19-14-10-13-18/h4-16,18H2,1-3H3. The quantitative estimate of drug-likeness (QED) is 0.457. The fourth-order valence-electron chi connectivity index (χ4n) is 2.54. The molecule has 0 radical (unpaired) electrons. The van der Waals surface area contributed by atoms with Crippen molar-refractivity contribution in [3.63, 3.8) is 0 Å². The lowest BCUT2D eigenvalue weighted by Gasteiger charge is -2.33. The van der Waals surface area contributed by atoms with Gasteiger partial charge >= 0.3 is 0 Å². The van der Waals surface area contributed by atoms with Crippen molar-refractivity contribution in [2.45, 2.75) is 84.2 Å². The Bertz CT molecular complexity index is 183. The first-order chi connectivity index (χ1) is 9.74. The third kappa shape index (κ3) is 9.73. The van der Waals surface area contributed by atoms with Gasteiger partial charge in [-0.15, -0.1) is 0 Å². The molecule has 0 amide bonds. The van der Waals surface area contributed by atoms with Crippen molar-refractivity contribution < 1.29 is 9.47 Å². The molecule has 0 aliphatic carbocycles. The van der Waals surface area contributed by atoms with E-state index in [-0.39, 0.29) is 5.60 Å². The van der Waals surface area contributed by atoms with Crippen LogP contribution in [0.25, 0.3) is 0 Å². The summed E-state index contributed by atoms with van der Waals surface area (Å²) in [6.07, 6.45) is 10.4. The highest BCUT2D eigenvalue weighted by Gasteiger charge is 2.27. The van der Waals surface area contributed by atoms with Gasteiger partial charge in [-0.05, 0) is 38.6 Å². The van der Waals surface area contributed by atoms with Crippen molar-refractivity contribution in [2.24, 2.45) is 5.73 Å². The molecule has 0 aromatic carbocycles. The second-order valence-electron chi connectivity index (χ2n) is 5.70. The Hall–Kier alpha value is -0.120. The molecule has 0 aliphatic heterocycles. The number of hydrogen-bond acceptors (Lipinski definition) is 3. The van der Waals surface area contributed by atoms with Gasteiger partial charge in [-0.1, -0.05) is 46.5 Å². The van der Waals surface area contributed by atoms with Gasteiger partial charge in [0.1, 0.15) is 0 Å². The summed E-state index contributed by atoms with van der Waals surface area (Å²) in [5, 5.41) is 0. The molecule has 0 heterocycles. The first-order valence-corrected chi connectivity index (χ1v) is 8.66. The summed E-state index contributed by atoms with van der Waals surface area (Å²) in [5.41, 5.74) is 5.50. The molecule has 0 rings (SSSR count). The van der Waals surface area contributed by atoms with Crippen LogP contribution in [0.5, 0.6) is 0 Å². The first kappa shape index (κ1) is 19.9. The third-order valence-corrected chi connectivity index (χ3v) is 3.95. The molecule has 3 heteroatoms. The molecular formula is C17H37NO2. The molecule has 20 heavy (non-hydrogen) atoms. The summed E-state index contributed by atoms with van der Waals surface area (Å²) in [7, 11) is 0. The molecular weight excluding hydrogens is 250 g/mol. The van der Waals surface area contributed by atoms with E-state index in [1.165, 1.54) is 32.1 Å². The van der Waals surface area contributed by atoms with Crippen LogP contribution in [0.15, 0.2) is 0 Å². The molecule has 1 unspecified atom stereocenters. The van der Waals surface area contributed by atoms with E-state index in [0.29, 0.717) is 6.54 Å². The van der Waals surface area contributed by atoms with Crippen LogP contribution >= 0.6 is 0 Å². The second-order valence-corrected chi connectivity index (χ2v) is 5.70. The van der Waals surface area contributed by atoms with Crippen LogP contribution in [-0.4, -0.2) is 32.0 Å². The van der Waals surface area contributed by atoms with Gasteiger partial charge in [0.05, 0.1) is 5.60 Å². The Morgan fingerprint density at radius 1 is 0.800 bits per heavy atom. The van der Waals surface area contributed by atoms with Crippen LogP contribution < -0.4 is 5.73 Å². The summed E-state index contributed by atoms with van der Waals surface area (Å²) >= 11 is 0. The second kappa shape index (κ2) is 13.8. The van der Waals surface area contributed by atoms with Crippen LogP contribution in [0.3, 0.4) is 0 Å². The Kier molecular flexibility index (Phi) is 13.8. The molecule has 0 spiro atoms. The lowest BCUT2D eigenvalue weighted by Crippen LogP contribution is -2.34. The van der Waals surface area contributed by atoms with Crippen LogP contribution in [-0.2, 0) is 9.47 Å². The fraction of sp³-hybridized carbons (Fsp3) is 1.00. The van der Waals surface area contributed by atoms with E-state index in [2.05, 4.69) is 20.8 Å². The SMILES string of the molecule is CCCCCCOC(CC)(CCC)CCOCCCN. The monoisotopic (exact) mass is 287 g/mol. The highest BCUT2D eigenvalue weighted by Crippen LogP contribution is 2.27. The average Bonchev–Trinajstić information content (AvgIpc) is 2.46. The van der Waals surface area contributed by atoms with E-state index in [9.17, 15) is 0 Å². The summed E-state index contributed by atoms with van der Waals surface area (Å²) in [5.74, 6) is 0. The molecule has 0 saturated carbocycles. The smallest absolute Gasteiger partial charge is 0.0701 e. The lowest BCUT2D eigenvalue weighted by molar-refractivity contribution is -0.0758. The first-order valence-electron chi connectivity index (χ1n) is 8.66. The van der Waals surface area contributed by atoms with Gasteiger partial charge < -0.3 is 15.2 Å². The lowest BCUT2D eigenvalue weighted by atomic mass is 9.91. The number of ether oxygens (including phenoxy) is 2. The molecule has 2 N–H and O–H groups in total. The Balaban J connectivity index is 4.00. The van der Waals surface area contributed by atoms with Crippen LogP contribution in [0.1, 0.15) is 78.6 Å². The average molecular weight is 287 g/mol. The fourth-order valence-corrected chi connectivity index (χ4v) is 2.54. The maximum Gasteiger partial charge on any atom is 0.0701 e. The minimum atomic E-state index is 0.0314. The maximum absolute atomic E-state index is 6.27. The molecule has 1 atom stereocenters. The van der Waals surface area contributed by atoms with Gasteiger partial charge in [-0.3, -0.25) is 0 Å². The number of hydrogen-bond donors (Lipinski definition) is 1. The van der Waals surface area contributed by atoms with Gasteiger partial charge in [0.2, 0.25) is 0 Å². The summed E-state index contributed by atoms with van der Waals surface area (Å²) in [6.45, 7) is 9.90. The Morgan fingerprint density at radius 3 is 2.20 bits per heavy atom. The summed E-state index contributed by atoms with van der Waals surface area (Å²) in [6, 6.07) is 0. The number of nitrogens with two attached hydrogens (primary N) is 1. The molecule has 0 aromatic rings. The molecule has 0 aliphatic rings. The van der Waals surface area contributed by atoms with Crippen LogP contribution in [0.4, 0.5) is 0 Å². The molecule has 0 fully saturated rings. The van der Waals surface area contributed by atoms with Gasteiger partial charge in [0, 0.05) is 19.8 Å². The van der Waals surface area contributed by atoms with E-state index in [1.54, 1.807) is 0 Å². The minimum Gasteiger partial charge on any atom is -0.381 e. The summed E-state index contributed by atoms with van der Waals surface area (Å²) in [4.78, 5) is 0. The van der Waals surface area contributed by atoms with Gasteiger partial charge in [0.15, 0.2) is 0 Å². The van der Waals surface area contributed by atoms with Crippen molar-refractivity contribution >= 4 is 0 Å². The topological polar surface area (TPSA) is 44.5 Å². The van der Waals surface area contributed by atoms with E-state index in [4.69, 9.17) is 15.2 Å². The number of rotatable bonds is 15. The van der Waals surface area contributed by atoms with E-state index < -0.39 is 0 Å². The minimum absolute atomic E-state index is 0.0314. The molecule has 0 aromatic heterocycles. The molecule has 0 bridgehead atoms. The van der Waals surface area contributed by atoms with E-state index in [1.807, 2.05) is 0 Å². The van der Waals surface area contributed by atoms with Crippen molar-refractivity contribution in [1.29, 1.82) is 0 Å². The molecule has 3 nitrogen and oxygen atoms in total. The zero-order valence-electron chi connectivity index (χ0n) is 14.1. The summed E-state index contributed by atoms with van der Waals surface area (Å²) < 4.78 is 11.9. The van der Waals surface area contributed by atoms with Gasteiger partial charge in [-0.2, -0.15) is 0 Å². The van der Waals surface area contributed by atoms with Gasteiger partial charge in [0.25, 0.3) is 0 Å². The van der Waals surface area contributed by atoms with Crippen molar-refractivity contribution in [1.82, 2.24) is 0 Å². The normalized spacial score (nSPS) is 14.4. The zero-order valence-corrected chi connectivity index (χ0v) is 14.1. The predicted molar refractivity (Wildman–Crippen MR) is 87.1 cm³/mol. The predicted octanol–water partition coefficient (Wildman–Crippen LogP) is 4.29. The van der Waals surface area contributed by atoms with Crippen LogP contribution in [0, 0.1) is 0 Å². The Morgan fingerprint density at radius 2 is 1.60 bits per heavy atom. The molecule has 0 saturated heterocycles. The third-order valence-electron chi connectivity index (χ3n) is 3.95. The number of unbranched alkanes of at least 4 members (excludes halogenated alkanes) is 3. The van der Waals surface area contributed by atoms with Crippen LogP contribution in [0.2, 0.25) is 0 Å². The van der Waals surface area contributed by atoms with Gasteiger partial charge in [-0.25, -0.2) is 0 Å². The van der Waals surface area contributed by atoms with Crippen molar-refractivity contribution in [3.05, 3.63) is 0 Å². The Labute approximate surface area is 126 Å². The highest BCUT2D eigenvalue weighted by molar-refractivity contribution is 4.79. The molecule has 122 valence electrons. The van der Waals surface area contributed by atoms with Crippen molar-refractivity contribution in [2.75, 3.05) is 26.4 Å². The maximum atomic E-state index is 6.27. The van der Waals surface area contributed by atoms with E-state index >= 15 is 0 Å².